The lowest BCUT2D eigenvalue weighted by atomic mass is 10.4. The van der Waals surface area contributed by atoms with Gasteiger partial charge in [0.15, 0.2) is 5.82 Å². The fourth-order valence-corrected chi connectivity index (χ4v) is 1.13. The summed E-state index contributed by atoms with van der Waals surface area (Å²) in [6, 6.07) is 3.80. The molecule has 2 aromatic rings. The van der Waals surface area contributed by atoms with E-state index in [0.29, 0.717) is 0 Å². The van der Waals surface area contributed by atoms with E-state index in [4.69, 9.17) is 4.42 Å². The van der Waals surface area contributed by atoms with Gasteiger partial charge in [-0.3, -0.25) is 0 Å². The Morgan fingerprint density at radius 3 is 3.14 bits per heavy atom. The number of nitrogens with one attached hydrogen (secondary N) is 1. The molecule has 0 fully saturated rings. The van der Waals surface area contributed by atoms with Gasteiger partial charge in [-0.15, -0.1) is 0 Å². The van der Waals surface area contributed by atoms with Gasteiger partial charge >= 0.3 is 0 Å². The molecule has 2 aromatic heterocycles. The van der Waals surface area contributed by atoms with Crippen LogP contribution in [0.3, 0.4) is 0 Å². The zero-order valence-corrected chi connectivity index (χ0v) is 7.64. The monoisotopic (exact) mass is 193 g/mol. The van der Waals surface area contributed by atoms with Gasteiger partial charge in [0.25, 0.3) is 0 Å². The number of nitrogens with zero attached hydrogens (tertiary/aromatic N) is 2. The molecule has 2 rings (SSSR count). The highest BCUT2D eigenvalue weighted by atomic mass is 16.5. The maximum absolute atomic E-state index is 5.16. The predicted molar refractivity (Wildman–Crippen MR) is 48.4 cm³/mol. The molecule has 0 bridgehead atoms. The van der Waals surface area contributed by atoms with Gasteiger partial charge in [0.1, 0.15) is 5.76 Å². The molecule has 0 radical (unpaired) electrons. The third-order valence-electron chi connectivity index (χ3n) is 1.81. The molecular weight excluding hydrogens is 182 g/mol. The van der Waals surface area contributed by atoms with Crippen LogP contribution >= 0.6 is 0 Å². The van der Waals surface area contributed by atoms with Crippen LogP contribution < -0.4 is 5.32 Å². The zero-order chi connectivity index (χ0) is 9.64. The Labute approximate surface area is 81.1 Å². The van der Waals surface area contributed by atoms with Gasteiger partial charge < -0.3 is 14.3 Å². The Hall–Kier alpha value is -1.62. The molecule has 5 nitrogen and oxygen atoms in total. The van der Waals surface area contributed by atoms with Crippen LogP contribution in [0.25, 0.3) is 0 Å². The predicted octanol–water partition coefficient (Wildman–Crippen LogP) is 0.995. The molecule has 0 aliphatic rings. The maximum Gasteiger partial charge on any atom is 0.213 e. The summed E-state index contributed by atoms with van der Waals surface area (Å²) in [7, 11) is 0. The molecule has 0 saturated heterocycles. The van der Waals surface area contributed by atoms with Crippen LogP contribution in [-0.2, 0) is 13.0 Å². The lowest BCUT2D eigenvalue weighted by molar-refractivity contribution is 0.408. The standard InChI is InChI=1S/C9H11N3O2/c1-2-8(13-5-1)6-10-4-3-9-11-7-14-12-9/h1-2,5,7,10H,3-4,6H2. The minimum absolute atomic E-state index is 0.719. The van der Waals surface area contributed by atoms with Gasteiger partial charge in [0.2, 0.25) is 6.39 Å². The van der Waals surface area contributed by atoms with E-state index in [0.717, 1.165) is 31.1 Å². The van der Waals surface area contributed by atoms with Crippen molar-refractivity contribution >= 4 is 0 Å². The van der Waals surface area contributed by atoms with E-state index in [-0.39, 0.29) is 0 Å². The van der Waals surface area contributed by atoms with Crippen molar-refractivity contribution < 1.29 is 8.94 Å². The second kappa shape index (κ2) is 4.57. The van der Waals surface area contributed by atoms with Crippen LogP contribution in [0.1, 0.15) is 11.6 Å². The van der Waals surface area contributed by atoms with Crippen LogP contribution in [0, 0.1) is 0 Å². The molecule has 0 aromatic carbocycles. The summed E-state index contributed by atoms with van der Waals surface area (Å²) in [5.74, 6) is 1.65. The number of furan rings is 1. The lowest BCUT2D eigenvalue weighted by Crippen LogP contribution is -2.16. The first kappa shape index (κ1) is 8.96. The van der Waals surface area contributed by atoms with Crippen molar-refractivity contribution in [1.29, 1.82) is 0 Å². The molecule has 0 atom stereocenters. The zero-order valence-electron chi connectivity index (χ0n) is 7.64. The molecular formula is C9H11N3O2. The first-order chi connectivity index (χ1) is 6.95. The first-order valence-corrected chi connectivity index (χ1v) is 4.43. The highest BCUT2D eigenvalue weighted by Gasteiger charge is 1.98. The Balaban J connectivity index is 1.65. The summed E-state index contributed by atoms with van der Waals surface area (Å²) in [4.78, 5) is 3.91. The van der Waals surface area contributed by atoms with Gasteiger partial charge in [-0.2, -0.15) is 4.98 Å². The van der Waals surface area contributed by atoms with E-state index in [1.165, 1.54) is 6.39 Å². The van der Waals surface area contributed by atoms with Crippen LogP contribution in [0.4, 0.5) is 0 Å². The Kier molecular flexibility index (Phi) is 2.92. The molecule has 0 aliphatic carbocycles. The smallest absolute Gasteiger partial charge is 0.213 e. The Bertz CT molecular complexity index is 306. The van der Waals surface area contributed by atoms with Crippen molar-refractivity contribution in [2.24, 2.45) is 0 Å². The van der Waals surface area contributed by atoms with Gasteiger partial charge in [-0.25, -0.2) is 0 Å². The van der Waals surface area contributed by atoms with Gasteiger partial charge in [0, 0.05) is 13.0 Å². The van der Waals surface area contributed by atoms with E-state index in [2.05, 4.69) is 20.0 Å². The van der Waals surface area contributed by atoms with Gasteiger partial charge in [-0.1, -0.05) is 5.16 Å². The molecule has 5 heteroatoms. The summed E-state index contributed by atoms with van der Waals surface area (Å²) < 4.78 is 9.77. The largest absolute Gasteiger partial charge is 0.468 e. The van der Waals surface area contributed by atoms with Crippen molar-refractivity contribution in [2.75, 3.05) is 6.54 Å². The first-order valence-electron chi connectivity index (χ1n) is 4.43. The highest BCUT2D eigenvalue weighted by molar-refractivity contribution is 4.97. The maximum atomic E-state index is 5.16. The third-order valence-corrected chi connectivity index (χ3v) is 1.81. The molecule has 1 N–H and O–H groups in total. The summed E-state index contributed by atoms with van der Waals surface area (Å²) in [5, 5.41) is 6.91. The summed E-state index contributed by atoms with van der Waals surface area (Å²) in [5.41, 5.74) is 0. The lowest BCUT2D eigenvalue weighted by Gasteiger charge is -1.98. The van der Waals surface area contributed by atoms with Gasteiger partial charge in [0.05, 0.1) is 12.8 Å². The molecule has 14 heavy (non-hydrogen) atoms. The number of hydrogen-bond acceptors (Lipinski definition) is 5. The highest BCUT2D eigenvalue weighted by Crippen LogP contribution is 1.98. The summed E-state index contributed by atoms with van der Waals surface area (Å²) in [6.07, 6.45) is 3.76. The van der Waals surface area contributed by atoms with Crippen molar-refractivity contribution in [2.45, 2.75) is 13.0 Å². The quantitative estimate of drug-likeness (QED) is 0.717. The average Bonchev–Trinajstić information content (AvgIpc) is 2.86. The SMILES string of the molecule is c1coc(CNCCc2ncon2)c1. The van der Waals surface area contributed by atoms with E-state index in [1.807, 2.05) is 12.1 Å². The topological polar surface area (TPSA) is 64.1 Å². The molecule has 0 saturated carbocycles. The number of rotatable bonds is 5. The Morgan fingerprint density at radius 2 is 2.43 bits per heavy atom. The van der Waals surface area contributed by atoms with Crippen LogP contribution in [0.2, 0.25) is 0 Å². The van der Waals surface area contributed by atoms with Crippen LogP contribution in [-0.4, -0.2) is 16.7 Å². The molecule has 2 heterocycles. The summed E-state index contributed by atoms with van der Waals surface area (Å²) in [6.45, 7) is 1.53. The average molecular weight is 193 g/mol. The number of aromatic nitrogens is 2. The Morgan fingerprint density at radius 1 is 1.43 bits per heavy atom. The minimum Gasteiger partial charge on any atom is -0.468 e. The molecule has 74 valence electrons. The van der Waals surface area contributed by atoms with E-state index in [9.17, 15) is 0 Å². The van der Waals surface area contributed by atoms with Crippen LogP contribution in [0.15, 0.2) is 33.7 Å². The summed E-state index contributed by atoms with van der Waals surface area (Å²) >= 11 is 0. The minimum atomic E-state index is 0.719. The molecule has 0 aliphatic heterocycles. The van der Waals surface area contributed by atoms with E-state index < -0.39 is 0 Å². The van der Waals surface area contributed by atoms with E-state index >= 15 is 0 Å². The molecule has 0 spiro atoms. The van der Waals surface area contributed by atoms with E-state index in [1.54, 1.807) is 6.26 Å². The molecule has 0 amide bonds. The third kappa shape index (κ3) is 2.43. The number of hydrogen-bond donors (Lipinski definition) is 1. The second-order valence-corrected chi connectivity index (χ2v) is 2.85. The normalized spacial score (nSPS) is 10.6. The second-order valence-electron chi connectivity index (χ2n) is 2.85. The van der Waals surface area contributed by atoms with Crippen LogP contribution in [0.5, 0.6) is 0 Å². The fraction of sp³-hybridized carbons (Fsp3) is 0.333. The molecule has 0 unspecified atom stereocenters. The van der Waals surface area contributed by atoms with Crippen molar-refractivity contribution in [3.8, 4) is 0 Å². The fourth-order valence-electron chi connectivity index (χ4n) is 1.13. The van der Waals surface area contributed by atoms with Crippen molar-refractivity contribution in [3.05, 3.63) is 36.4 Å². The van der Waals surface area contributed by atoms with Crippen molar-refractivity contribution in [3.63, 3.8) is 0 Å². The van der Waals surface area contributed by atoms with Crippen molar-refractivity contribution in [1.82, 2.24) is 15.5 Å². The van der Waals surface area contributed by atoms with Gasteiger partial charge in [-0.05, 0) is 12.1 Å².